The van der Waals surface area contributed by atoms with Crippen LogP contribution in [0.25, 0.3) is 0 Å². The summed E-state index contributed by atoms with van der Waals surface area (Å²) in [4.78, 5) is 10.1. The van der Waals surface area contributed by atoms with Crippen LogP contribution in [-0.2, 0) is 16.0 Å². The van der Waals surface area contributed by atoms with Crippen LogP contribution in [-0.4, -0.2) is 17.7 Å². The third-order valence-electron chi connectivity index (χ3n) is 3.49. The van der Waals surface area contributed by atoms with Gasteiger partial charge in [0, 0.05) is 6.08 Å². The maximum Gasteiger partial charge on any atom is 0.330 e. The third-order valence-corrected chi connectivity index (χ3v) is 3.49. The lowest BCUT2D eigenvalue weighted by atomic mass is 10.0. The number of aryl methyl sites for hydroxylation is 1. The first-order valence-corrected chi connectivity index (χ1v) is 8.71. The minimum atomic E-state index is -0.359. The first kappa shape index (κ1) is 21.2. The molecule has 0 radical (unpaired) electrons. The molecule has 0 aliphatic carbocycles. The van der Waals surface area contributed by atoms with E-state index in [0.29, 0.717) is 12.4 Å². The molecule has 0 bridgehead atoms. The van der Waals surface area contributed by atoms with Crippen molar-refractivity contribution in [2.75, 3.05) is 6.61 Å². The maximum atomic E-state index is 10.1. The molecule has 0 aromatic heterocycles. The first-order valence-electron chi connectivity index (χ1n) is 8.71. The Bertz CT molecular complexity index is 427. The predicted molar refractivity (Wildman–Crippen MR) is 96.6 cm³/mol. The standard InChI is InChI=1S/C15H24O.C5H8O2/c1-2-3-4-5-6-7-8-11-14-12-9-10-13-15(14)16;1-3-5(6)7-4-2/h9-10,12-13,16H,2-8,11H2,1H3;3H,1,4H2,2H3. The average molecular weight is 320 g/mol. The number of phenols is 1. The van der Waals surface area contributed by atoms with Gasteiger partial charge in [-0.15, -0.1) is 0 Å². The highest BCUT2D eigenvalue weighted by Crippen LogP contribution is 2.18. The summed E-state index contributed by atoms with van der Waals surface area (Å²) in [6, 6.07) is 7.67. The Morgan fingerprint density at radius 1 is 1.09 bits per heavy atom. The van der Waals surface area contributed by atoms with E-state index < -0.39 is 0 Å². The number of esters is 1. The van der Waals surface area contributed by atoms with Crippen molar-refractivity contribution in [3.8, 4) is 5.75 Å². The summed E-state index contributed by atoms with van der Waals surface area (Å²) in [6.07, 6.45) is 11.4. The van der Waals surface area contributed by atoms with Gasteiger partial charge >= 0.3 is 5.97 Å². The fourth-order valence-electron chi connectivity index (χ4n) is 2.20. The fraction of sp³-hybridized carbons (Fsp3) is 0.550. The van der Waals surface area contributed by atoms with E-state index in [1.54, 1.807) is 13.0 Å². The highest BCUT2D eigenvalue weighted by Gasteiger charge is 1.98. The number of phenolic OH excluding ortho intramolecular Hbond substituents is 1. The molecule has 23 heavy (non-hydrogen) atoms. The number of hydrogen-bond acceptors (Lipinski definition) is 3. The highest BCUT2D eigenvalue weighted by molar-refractivity contribution is 5.81. The van der Waals surface area contributed by atoms with Crippen LogP contribution >= 0.6 is 0 Å². The normalized spacial score (nSPS) is 9.65. The Kier molecular flexibility index (Phi) is 14.0. The zero-order chi connectivity index (χ0) is 17.3. The predicted octanol–water partition coefficient (Wildman–Crippen LogP) is 5.42. The minimum Gasteiger partial charge on any atom is -0.508 e. The molecule has 0 aliphatic rings. The summed E-state index contributed by atoms with van der Waals surface area (Å²) in [5, 5.41) is 9.58. The minimum absolute atomic E-state index is 0.359. The molecule has 1 aromatic carbocycles. The van der Waals surface area contributed by atoms with E-state index in [4.69, 9.17) is 0 Å². The molecule has 0 unspecified atom stereocenters. The van der Waals surface area contributed by atoms with Crippen molar-refractivity contribution in [1.29, 1.82) is 0 Å². The quantitative estimate of drug-likeness (QED) is 0.355. The van der Waals surface area contributed by atoms with Gasteiger partial charge in [-0.1, -0.05) is 70.2 Å². The number of hydrogen-bond donors (Lipinski definition) is 1. The summed E-state index contributed by atoms with van der Waals surface area (Å²) < 4.78 is 4.43. The average Bonchev–Trinajstić information content (AvgIpc) is 2.56. The lowest BCUT2D eigenvalue weighted by Crippen LogP contribution is -1.97. The Morgan fingerprint density at radius 2 is 1.70 bits per heavy atom. The Balaban J connectivity index is 0.000000585. The summed E-state index contributed by atoms with van der Waals surface area (Å²) in [5.41, 5.74) is 1.09. The van der Waals surface area contributed by atoms with Crippen molar-refractivity contribution in [2.45, 2.75) is 65.2 Å². The molecule has 0 saturated carbocycles. The van der Waals surface area contributed by atoms with Crippen molar-refractivity contribution >= 4 is 5.97 Å². The van der Waals surface area contributed by atoms with Gasteiger partial charge in [0.15, 0.2) is 0 Å². The molecule has 130 valence electrons. The van der Waals surface area contributed by atoms with Crippen molar-refractivity contribution < 1.29 is 14.6 Å². The van der Waals surface area contributed by atoms with Crippen molar-refractivity contribution in [3.63, 3.8) is 0 Å². The summed E-state index contributed by atoms with van der Waals surface area (Å²) >= 11 is 0. The molecule has 0 fully saturated rings. The van der Waals surface area contributed by atoms with Crippen LogP contribution in [0, 0.1) is 0 Å². The second-order valence-corrected chi connectivity index (χ2v) is 5.46. The van der Waals surface area contributed by atoms with E-state index in [1.807, 2.05) is 18.2 Å². The number of ether oxygens (including phenoxy) is 1. The highest BCUT2D eigenvalue weighted by atomic mass is 16.5. The zero-order valence-electron chi connectivity index (χ0n) is 14.7. The van der Waals surface area contributed by atoms with Gasteiger partial charge in [-0.2, -0.15) is 0 Å². The van der Waals surface area contributed by atoms with Crippen molar-refractivity contribution in [2.24, 2.45) is 0 Å². The number of carbonyl (C=O) groups is 1. The lowest BCUT2D eigenvalue weighted by Gasteiger charge is -2.04. The number of aromatic hydroxyl groups is 1. The summed E-state index contributed by atoms with van der Waals surface area (Å²) in [7, 11) is 0. The maximum absolute atomic E-state index is 10.1. The number of benzene rings is 1. The number of carbonyl (C=O) groups excluding carboxylic acids is 1. The molecule has 1 rings (SSSR count). The van der Waals surface area contributed by atoms with Gasteiger partial charge in [-0.3, -0.25) is 0 Å². The van der Waals surface area contributed by atoms with Crippen molar-refractivity contribution in [1.82, 2.24) is 0 Å². The molecule has 0 atom stereocenters. The second-order valence-electron chi connectivity index (χ2n) is 5.46. The Labute approximate surface area is 141 Å². The molecule has 1 N–H and O–H groups in total. The second kappa shape index (κ2) is 15.1. The first-order chi connectivity index (χ1) is 11.2. The fourth-order valence-corrected chi connectivity index (χ4v) is 2.20. The summed E-state index contributed by atoms with van der Waals surface area (Å²) in [6.45, 7) is 7.63. The Morgan fingerprint density at radius 3 is 2.22 bits per heavy atom. The molecule has 0 amide bonds. The van der Waals surface area contributed by atoms with Crippen molar-refractivity contribution in [3.05, 3.63) is 42.5 Å². The van der Waals surface area contributed by atoms with E-state index >= 15 is 0 Å². The van der Waals surface area contributed by atoms with E-state index in [2.05, 4.69) is 18.2 Å². The largest absolute Gasteiger partial charge is 0.508 e. The molecule has 3 nitrogen and oxygen atoms in total. The lowest BCUT2D eigenvalue weighted by molar-refractivity contribution is -0.137. The van der Waals surface area contributed by atoms with Gasteiger partial charge < -0.3 is 9.84 Å². The van der Waals surface area contributed by atoms with Crippen LogP contribution in [0.5, 0.6) is 5.75 Å². The van der Waals surface area contributed by atoms with E-state index in [9.17, 15) is 9.90 Å². The molecular formula is C20H32O3. The monoisotopic (exact) mass is 320 g/mol. The number of para-hydroxylation sites is 1. The third kappa shape index (κ3) is 12.5. The molecule has 0 aliphatic heterocycles. The topological polar surface area (TPSA) is 46.5 Å². The number of rotatable bonds is 10. The van der Waals surface area contributed by atoms with Gasteiger partial charge in [0.1, 0.15) is 5.75 Å². The van der Waals surface area contributed by atoms with Gasteiger partial charge in [0.2, 0.25) is 0 Å². The van der Waals surface area contributed by atoms with Crippen LogP contribution in [0.1, 0.15) is 64.4 Å². The van der Waals surface area contributed by atoms with Crippen LogP contribution < -0.4 is 0 Å². The van der Waals surface area contributed by atoms with Crippen LogP contribution in [0.4, 0.5) is 0 Å². The molecule has 1 aromatic rings. The molecule has 0 spiro atoms. The van der Waals surface area contributed by atoms with E-state index in [-0.39, 0.29) is 5.97 Å². The van der Waals surface area contributed by atoms with Gasteiger partial charge in [-0.05, 0) is 31.4 Å². The van der Waals surface area contributed by atoms with Gasteiger partial charge in [-0.25, -0.2) is 4.79 Å². The molecular weight excluding hydrogens is 288 g/mol. The Hall–Kier alpha value is -1.77. The van der Waals surface area contributed by atoms with Gasteiger partial charge in [0.25, 0.3) is 0 Å². The van der Waals surface area contributed by atoms with E-state index in [1.165, 1.54) is 44.9 Å². The van der Waals surface area contributed by atoms with Crippen LogP contribution in [0.15, 0.2) is 36.9 Å². The van der Waals surface area contributed by atoms with E-state index in [0.717, 1.165) is 18.1 Å². The number of unbranched alkanes of at least 4 members (excludes halogenated alkanes) is 6. The zero-order valence-corrected chi connectivity index (χ0v) is 14.7. The molecule has 3 heteroatoms. The SMILES string of the molecule is C=CC(=O)OCC.CCCCCCCCCc1ccccc1O. The molecule has 0 heterocycles. The smallest absolute Gasteiger partial charge is 0.330 e. The van der Waals surface area contributed by atoms with Crippen LogP contribution in [0.2, 0.25) is 0 Å². The van der Waals surface area contributed by atoms with Crippen LogP contribution in [0.3, 0.4) is 0 Å². The summed E-state index contributed by atoms with van der Waals surface area (Å²) in [5.74, 6) is 0.0935. The van der Waals surface area contributed by atoms with Gasteiger partial charge in [0.05, 0.1) is 6.61 Å². The molecule has 0 saturated heterocycles.